The average molecular weight is 177 g/mol. The summed E-state index contributed by atoms with van der Waals surface area (Å²) in [6.07, 6.45) is -2.81. The monoisotopic (exact) mass is 177 g/mol. The largest absolute Gasteiger partial charge is 0.394 e. The Bertz CT molecular complexity index is 150. The fourth-order valence-corrected chi connectivity index (χ4v) is 1.64. The van der Waals surface area contributed by atoms with Crippen molar-refractivity contribution in [1.82, 2.24) is 4.90 Å². The maximum atomic E-state index is 9.37. The van der Waals surface area contributed by atoms with Gasteiger partial charge in [0.1, 0.15) is 0 Å². The molecule has 4 atom stereocenters. The molecule has 0 radical (unpaired) electrons. The lowest BCUT2D eigenvalue weighted by atomic mass is 10.1. The zero-order chi connectivity index (χ0) is 9.30. The molecule has 1 fully saturated rings. The van der Waals surface area contributed by atoms with Crippen LogP contribution >= 0.6 is 0 Å². The highest BCUT2D eigenvalue weighted by Crippen LogP contribution is 2.19. The van der Waals surface area contributed by atoms with Gasteiger partial charge in [0.25, 0.3) is 0 Å². The Morgan fingerprint density at radius 3 is 2.42 bits per heavy atom. The van der Waals surface area contributed by atoms with Gasteiger partial charge in [0, 0.05) is 6.54 Å². The molecule has 0 spiro atoms. The lowest BCUT2D eigenvalue weighted by molar-refractivity contribution is -0.0261. The van der Waals surface area contributed by atoms with Crippen LogP contribution in [0.15, 0.2) is 0 Å². The quantitative estimate of drug-likeness (QED) is 0.371. The van der Waals surface area contributed by atoms with Gasteiger partial charge in [-0.25, -0.2) is 0 Å². The van der Waals surface area contributed by atoms with Crippen molar-refractivity contribution < 1.29 is 20.4 Å². The van der Waals surface area contributed by atoms with E-state index in [1.165, 1.54) is 0 Å². The lowest BCUT2D eigenvalue weighted by Crippen LogP contribution is -2.45. The van der Waals surface area contributed by atoms with Crippen molar-refractivity contribution in [3.63, 3.8) is 0 Å². The summed E-state index contributed by atoms with van der Waals surface area (Å²) < 4.78 is 0. The van der Waals surface area contributed by atoms with Crippen LogP contribution in [-0.4, -0.2) is 69.9 Å². The summed E-state index contributed by atoms with van der Waals surface area (Å²) in [5, 5.41) is 36.5. The number of aliphatic hydroxyl groups is 4. The van der Waals surface area contributed by atoms with Crippen LogP contribution in [0.1, 0.15) is 0 Å². The molecule has 5 heteroatoms. The molecule has 72 valence electrons. The van der Waals surface area contributed by atoms with Crippen molar-refractivity contribution in [2.24, 2.45) is 0 Å². The molecule has 0 unspecified atom stereocenters. The zero-order valence-electron chi connectivity index (χ0n) is 6.96. The Balaban J connectivity index is 2.62. The molecule has 0 aromatic rings. The summed E-state index contributed by atoms with van der Waals surface area (Å²) in [5.74, 6) is 0. The molecule has 0 aromatic heterocycles. The van der Waals surface area contributed by atoms with Crippen molar-refractivity contribution in [2.75, 3.05) is 20.2 Å². The molecular formula is C7H15NO4. The number of likely N-dealkylation sites (N-methyl/N-ethyl adjacent to an activating group) is 1. The molecule has 1 aliphatic heterocycles. The molecule has 0 aliphatic carbocycles. The summed E-state index contributed by atoms with van der Waals surface area (Å²) in [6, 6.07) is -0.565. The predicted octanol–water partition coefficient (Wildman–Crippen LogP) is -2.62. The fourth-order valence-electron chi connectivity index (χ4n) is 1.64. The highest BCUT2D eigenvalue weighted by Gasteiger charge is 2.41. The average Bonchev–Trinajstić information content (AvgIpc) is 2.26. The Morgan fingerprint density at radius 2 is 2.08 bits per heavy atom. The minimum absolute atomic E-state index is 0.322. The van der Waals surface area contributed by atoms with Crippen LogP contribution in [0.25, 0.3) is 0 Å². The van der Waals surface area contributed by atoms with Gasteiger partial charge in [-0.2, -0.15) is 0 Å². The number of aliphatic hydroxyl groups excluding tert-OH is 4. The van der Waals surface area contributed by atoms with Gasteiger partial charge in [-0.1, -0.05) is 0 Å². The van der Waals surface area contributed by atoms with Gasteiger partial charge in [0.15, 0.2) is 0 Å². The third-order valence-corrected chi connectivity index (χ3v) is 2.31. The van der Waals surface area contributed by atoms with Crippen molar-refractivity contribution in [3.05, 3.63) is 0 Å². The van der Waals surface area contributed by atoms with Crippen molar-refractivity contribution in [2.45, 2.75) is 24.4 Å². The van der Waals surface area contributed by atoms with Gasteiger partial charge < -0.3 is 20.4 Å². The van der Waals surface area contributed by atoms with Gasteiger partial charge >= 0.3 is 0 Å². The highest BCUT2D eigenvalue weighted by atomic mass is 16.3. The van der Waals surface area contributed by atoms with E-state index in [-0.39, 0.29) is 0 Å². The van der Waals surface area contributed by atoms with Crippen LogP contribution in [-0.2, 0) is 0 Å². The number of likely N-dealkylation sites (tertiary alicyclic amines) is 1. The summed E-state index contributed by atoms with van der Waals surface area (Å²) in [6.45, 7) is -0.0817. The molecule has 1 aliphatic rings. The first-order chi connectivity index (χ1) is 5.57. The summed E-state index contributed by atoms with van der Waals surface area (Å²) in [4.78, 5) is 1.64. The maximum Gasteiger partial charge on any atom is 0.0992 e. The van der Waals surface area contributed by atoms with Gasteiger partial charge in [-0.3, -0.25) is 4.90 Å². The van der Waals surface area contributed by atoms with Crippen LogP contribution in [0.5, 0.6) is 0 Å². The van der Waals surface area contributed by atoms with E-state index in [0.29, 0.717) is 6.54 Å². The molecule has 0 bridgehead atoms. The molecule has 4 N–H and O–H groups in total. The summed E-state index contributed by atoms with van der Waals surface area (Å²) in [5.41, 5.74) is 0. The molecule has 12 heavy (non-hydrogen) atoms. The van der Waals surface area contributed by atoms with Crippen molar-refractivity contribution in [1.29, 1.82) is 0 Å². The van der Waals surface area contributed by atoms with E-state index in [9.17, 15) is 15.3 Å². The SMILES string of the molecule is CN1C[C@@H](O)[C@@H](O)[C@@H]1[C@@H](O)CO. The standard InChI is InChI=1S/C7H15NO4/c1-8-2-4(10)7(12)6(8)5(11)3-9/h4-7,9-12H,2-3H2,1H3/t4-,5+,6+,7-/m1/s1. The van der Waals surface area contributed by atoms with E-state index in [4.69, 9.17) is 5.11 Å². The number of rotatable bonds is 2. The zero-order valence-corrected chi connectivity index (χ0v) is 6.96. The van der Waals surface area contributed by atoms with E-state index in [1.54, 1.807) is 11.9 Å². The number of hydrogen-bond donors (Lipinski definition) is 4. The number of hydrogen-bond acceptors (Lipinski definition) is 5. The first-order valence-corrected chi connectivity index (χ1v) is 3.93. The van der Waals surface area contributed by atoms with Gasteiger partial charge in [-0.05, 0) is 7.05 Å². The minimum atomic E-state index is -0.998. The van der Waals surface area contributed by atoms with Crippen molar-refractivity contribution in [3.8, 4) is 0 Å². The first-order valence-electron chi connectivity index (χ1n) is 3.93. The highest BCUT2D eigenvalue weighted by molar-refractivity contribution is 4.95. The molecule has 0 amide bonds. The Hall–Kier alpha value is -0.200. The molecule has 1 rings (SSSR count). The molecule has 0 saturated carbocycles. The second-order valence-electron chi connectivity index (χ2n) is 3.24. The first kappa shape index (κ1) is 9.88. The van der Waals surface area contributed by atoms with Crippen LogP contribution in [0.2, 0.25) is 0 Å². The van der Waals surface area contributed by atoms with Crippen LogP contribution in [0, 0.1) is 0 Å². The van der Waals surface area contributed by atoms with E-state index in [2.05, 4.69) is 0 Å². The van der Waals surface area contributed by atoms with Gasteiger partial charge in [-0.15, -0.1) is 0 Å². The normalized spacial score (nSPS) is 40.2. The third-order valence-electron chi connectivity index (χ3n) is 2.31. The van der Waals surface area contributed by atoms with Crippen LogP contribution < -0.4 is 0 Å². The molecule has 1 heterocycles. The lowest BCUT2D eigenvalue weighted by Gasteiger charge is -2.25. The Labute approximate surface area is 70.9 Å². The smallest absolute Gasteiger partial charge is 0.0992 e. The predicted molar refractivity (Wildman–Crippen MR) is 41.5 cm³/mol. The molecule has 0 aromatic carbocycles. The van der Waals surface area contributed by atoms with Crippen molar-refractivity contribution >= 4 is 0 Å². The maximum absolute atomic E-state index is 9.37. The van der Waals surface area contributed by atoms with Gasteiger partial charge in [0.2, 0.25) is 0 Å². The fraction of sp³-hybridized carbons (Fsp3) is 1.00. The van der Waals surface area contributed by atoms with Crippen LogP contribution in [0.3, 0.4) is 0 Å². The number of nitrogens with zero attached hydrogens (tertiary/aromatic N) is 1. The van der Waals surface area contributed by atoms with E-state index >= 15 is 0 Å². The molecular weight excluding hydrogens is 162 g/mol. The minimum Gasteiger partial charge on any atom is -0.394 e. The number of β-amino-alcohol motifs (C(OH)–C–C–N with tert-alkyl or cyclic N) is 1. The van der Waals surface area contributed by atoms with E-state index in [1.807, 2.05) is 0 Å². The Morgan fingerprint density at radius 1 is 1.50 bits per heavy atom. The second-order valence-corrected chi connectivity index (χ2v) is 3.24. The van der Waals surface area contributed by atoms with E-state index < -0.39 is 31.0 Å². The Kier molecular flexibility index (Phi) is 3.03. The molecule has 5 nitrogen and oxygen atoms in total. The third kappa shape index (κ3) is 1.60. The summed E-state index contributed by atoms with van der Waals surface area (Å²) >= 11 is 0. The topological polar surface area (TPSA) is 84.2 Å². The van der Waals surface area contributed by atoms with Crippen LogP contribution in [0.4, 0.5) is 0 Å². The summed E-state index contributed by atoms with van der Waals surface area (Å²) in [7, 11) is 1.68. The molecule has 1 saturated heterocycles. The van der Waals surface area contributed by atoms with Gasteiger partial charge in [0.05, 0.1) is 31.0 Å². The second kappa shape index (κ2) is 3.68. The van der Waals surface area contributed by atoms with E-state index in [0.717, 1.165) is 0 Å².